The second-order valence-corrected chi connectivity index (χ2v) is 26.3. The van der Waals surface area contributed by atoms with Gasteiger partial charge in [-0.05, 0) is 158 Å². The summed E-state index contributed by atoms with van der Waals surface area (Å²) in [6.07, 6.45) is 20.4. The molecule has 0 amide bonds. The summed E-state index contributed by atoms with van der Waals surface area (Å²) >= 11 is -1.65. The van der Waals surface area contributed by atoms with Crippen LogP contribution in [0.15, 0.2) is 18.2 Å². The van der Waals surface area contributed by atoms with Crippen molar-refractivity contribution in [2.45, 2.75) is 159 Å². The molecule has 6 unspecified atom stereocenters. The van der Waals surface area contributed by atoms with Crippen molar-refractivity contribution in [3.05, 3.63) is 59.3 Å². The van der Waals surface area contributed by atoms with Gasteiger partial charge in [0.25, 0.3) is 0 Å². The minimum Gasteiger partial charge on any atom is -0.258 e. The quantitative estimate of drug-likeness (QED) is 0.274. The fourth-order valence-electron chi connectivity index (χ4n) is 12.3. The van der Waals surface area contributed by atoms with E-state index in [1.165, 1.54) is 101 Å². The summed E-state index contributed by atoms with van der Waals surface area (Å²) in [7, 11) is 19.7. The van der Waals surface area contributed by atoms with Gasteiger partial charge in [0.1, 0.15) is 0 Å². The first-order valence-corrected chi connectivity index (χ1v) is 34.3. The zero-order chi connectivity index (χ0) is 38.5. The van der Waals surface area contributed by atoms with Crippen molar-refractivity contribution >= 4 is 34.1 Å². The van der Waals surface area contributed by atoms with Crippen molar-refractivity contribution in [1.82, 2.24) is 4.98 Å². The van der Waals surface area contributed by atoms with E-state index in [0.29, 0.717) is 0 Å². The molecule has 0 radical (unpaired) electrons. The Morgan fingerprint density at radius 1 is 0.429 bits per heavy atom. The van der Waals surface area contributed by atoms with Crippen LogP contribution in [0.1, 0.15) is 158 Å². The second kappa shape index (κ2) is 31.0. The van der Waals surface area contributed by atoms with Gasteiger partial charge in [-0.25, -0.2) is 0 Å². The first kappa shape index (κ1) is 60.2. The molecule has 7 rings (SSSR count). The SMILES string of the molecule is CC1C(C)C(C)C(C)C1C.CC1C(C)C(C)C(C)C1C.[CH3-].[CH3-].[CH3-].[CH3-].[Cl][Zr+2][Cl].[Cl][Zr+2][Cl].c1cc(CC2CCC3CCCCC32)nc(CC2CCC3CCCCC32)c1. The summed E-state index contributed by atoms with van der Waals surface area (Å²) in [5.74, 6) is 15.4. The number of pyridine rings is 1. The van der Waals surface area contributed by atoms with Crippen molar-refractivity contribution in [3.63, 3.8) is 0 Å². The maximum absolute atomic E-state index is 5.17. The Kier molecular flexibility index (Phi) is 33.3. The molecular weight excluding hydrogens is 927 g/mol. The van der Waals surface area contributed by atoms with E-state index < -0.39 is 41.7 Å². The summed E-state index contributed by atoms with van der Waals surface area (Å²) in [4.78, 5) is 5.17. The van der Waals surface area contributed by atoms with E-state index in [-0.39, 0.29) is 29.7 Å². The normalized spacial score (nSPS) is 38.5. The number of aromatic nitrogens is 1. The third-order valence-corrected chi connectivity index (χ3v) is 17.1. The zero-order valence-electron chi connectivity index (χ0n) is 38.8. The number of halogens is 4. The average molecular weight is 1020 g/mol. The molecule has 0 spiro atoms. The average Bonchev–Trinajstić information content (AvgIpc) is 3.84. The Bertz CT molecular complexity index is 954. The summed E-state index contributed by atoms with van der Waals surface area (Å²) < 4.78 is 0. The summed E-state index contributed by atoms with van der Waals surface area (Å²) in [6.45, 7) is 24.0. The molecule has 56 heavy (non-hydrogen) atoms. The van der Waals surface area contributed by atoms with Crippen LogP contribution in [-0.2, 0) is 54.5 Å². The maximum atomic E-state index is 5.17. The number of nitrogens with zero attached hydrogens (tertiary/aromatic N) is 1. The van der Waals surface area contributed by atoms with E-state index in [1.54, 1.807) is 0 Å². The van der Waals surface area contributed by atoms with Crippen molar-refractivity contribution in [3.8, 4) is 0 Å². The van der Waals surface area contributed by atoms with Crippen LogP contribution in [0.5, 0.6) is 0 Å². The predicted molar refractivity (Wildman–Crippen MR) is 249 cm³/mol. The van der Waals surface area contributed by atoms with Crippen molar-refractivity contribution in [1.29, 1.82) is 0 Å². The van der Waals surface area contributed by atoms with Crippen molar-refractivity contribution in [2.75, 3.05) is 0 Å². The fourth-order valence-corrected chi connectivity index (χ4v) is 12.3. The minimum absolute atomic E-state index is 0. The van der Waals surface area contributed by atoms with E-state index in [4.69, 9.17) is 39.0 Å². The monoisotopic (exact) mass is 1010 g/mol. The molecular formula is C49H89Cl4NZr2. The Labute approximate surface area is 390 Å². The predicted octanol–water partition coefficient (Wildman–Crippen LogP) is 17.5. The van der Waals surface area contributed by atoms with E-state index in [2.05, 4.69) is 87.4 Å². The van der Waals surface area contributed by atoms with Gasteiger partial charge < -0.3 is 29.7 Å². The van der Waals surface area contributed by atoms with Crippen LogP contribution < -0.4 is 0 Å². The van der Waals surface area contributed by atoms with Gasteiger partial charge in [0.15, 0.2) is 0 Å². The second-order valence-electron chi connectivity index (χ2n) is 18.9. The minimum atomic E-state index is -0.826. The van der Waals surface area contributed by atoms with Crippen LogP contribution in [0.2, 0.25) is 0 Å². The standard InChI is InChI=1S/C25H37N.2C10H20.4CH3.4ClH.2Zr/c1-3-10-24-18(6-1)12-14-20(24)16-22-8-5-9-23(26-22)17-21-15-13-19-7-2-4-11-25(19)21;2*1-6-7(2)9(4)10(5)8(6)3;;;;;;;;;;/h5,8-9,18-21,24-25H,1-4,6-7,10-17H2;2*6-10H,1-5H3;4*1H3;4*1H;;/q;;;4*-1;;;;;2*+4/p-4. The molecule has 6 fully saturated rings. The maximum Gasteiger partial charge on any atom is 0.0409 e. The first-order valence-electron chi connectivity index (χ1n) is 21.7. The third-order valence-electron chi connectivity index (χ3n) is 17.1. The Hall–Kier alpha value is 2.08. The van der Waals surface area contributed by atoms with Crippen LogP contribution in [0.25, 0.3) is 0 Å². The molecule has 1 heterocycles. The van der Waals surface area contributed by atoms with Crippen LogP contribution in [-0.4, -0.2) is 4.98 Å². The molecule has 0 aliphatic heterocycles. The molecule has 6 atom stereocenters. The third kappa shape index (κ3) is 17.0. The number of hydrogen-bond donors (Lipinski definition) is 0. The van der Waals surface area contributed by atoms with Crippen LogP contribution in [0, 0.1) is 124 Å². The van der Waals surface area contributed by atoms with Gasteiger partial charge >= 0.3 is 75.7 Å². The number of hydrogen-bond acceptors (Lipinski definition) is 1. The molecule has 326 valence electrons. The Morgan fingerprint density at radius 2 is 0.679 bits per heavy atom. The van der Waals surface area contributed by atoms with Crippen LogP contribution in [0.4, 0.5) is 0 Å². The molecule has 0 saturated heterocycles. The smallest absolute Gasteiger partial charge is 0.0409 e. The van der Waals surface area contributed by atoms with E-state index in [9.17, 15) is 0 Å². The molecule has 0 bridgehead atoms. The van der Waals surface area contributed by atoms with E-state index >= 15 is 0 Å². The van der Waals surface area contributed by atoms with E-state index in [1.807, 2.05) is 0 Å². The molecule has 1 nitrogen and oxygen atoms in total. The van der Waals surface area contributed by atoms with Gasteiger partial charge in [0.05, 0.1) is 0 Å². The van der Waals surface area contributed by atoms with Crippen molar-refractivity contribution in [2.24, 2.45) is 94.7 Å². The van der Waals surface area contributed by atoms with Gasteiger partial charge in [-0.3, -0.25) is 4.98 Å². The van der Waals surface area contributed by atoms with Gasteiger partial charge in [0, 0.05) is 11.4 Å². The van der Waals surface area contributed by atoms with Gasteiger partial charge in [0.2, 0.25) is 0 Å². The zero-order valence-corrected chi connectivity index (χ0v) is 46.8. The van der Waals surface area contributed by atoms with Crippen LogP contribution in [0.3, 0.4) is 0 Å². The molecule has 0 aromatic carbocycles. The molecule has 0 N–H and O–H groups in total. The number of fused-ring (bicyclic) bond motifs is 2. The number of rotatable bonds is 4. The summed E-state index contributed by atoms with van der Waals surface area (Å²) in [6, 6.07) is 6.94. The molecule has 6 saturated carbocycles. The Morgan fingerprint density at radius 3 is 0.946 bits per heavy atom. The summed E-state index contributed by atoms with van der Waals surface area (Å²) in [5.41, 5.74) is 2.80. The van der Waals surface area contributed by atoms with Crippen LogP contribution >= 0.6 is 34.1 Å². The molecule has 6 aliphatic carbocycles. The molecule has 1 aromatic rings. The van der Waals surface area contributed by atoms with Gasteiger partial charge in [-0.1, -0.05) is 114 Å². The molecule has 6 aliphatic rings. The molecule has 1 aromatic heterocycles. The fraction of sp³-hybridized carbons (Fsp3) is 0.816. The van der Waals surface area contributed by atoms with Gasteiger partial charge in [-0.2, -0.15) is 0 Å². The largest absolute Gasteiger partial charge is 0.258 e. The summed E-state index contributed by atoms with van der Waals surface area (Å²) in [5, 5.41) is 0. The Balaban J connectivity index is 0. The first-order chi connectivity index (χ1) is 24.8. The topological polar surface area (TPSA) is 12.9 Å². The van der Waals surface area contributed by atoms with Crippen molar-refractivity contribution < 1.29 is 41.7 Å². The van der Waals surface area contributed by atoms with E-state index in [0.717, 1.165) is 94.7 Å². The van der Waals surface area contributed by atoms with Gasteiger partial charge in [-0.15, -0.1) is 0 Å². The molecule has 7 heteroatoms.